The third-order valence-electron chi connectivity index (χ3n) is 4.68. The highest BCUT2D eigenvalue weighted by Crippen LogP contribution is 2.19. The highest BCUT2D eigenvalue weighted by Gasteiger charge is 2.25. The number of nitrogens with zero attached hydrogens (tertiary/aromatic N) is 2. The van der Waals surface area contributed by atoms with Gasteiger partial charge in [-0.2, -0.15) is 0 Å². The fraction of sp³-hybridized carbons (Fsp3) is 1.00. The standard InChI is InChI=1S/C20H44N2/c1-7-11-13-17-21(18-14-12-8-2)22(19(5)15-9-3)20(6)16-10-4/h19-20H,7-18H2,1-6H3. The molecule has 0 aromatic heterocycles. The van der Waals surface area contributed by atoms with Crippen LogP contribution in [0.5, 0.6) is 0 Å². The summed E-state index contributed by atoms with van der Waals surface area (Å²) in [5.41, 5.74) is 0. The first kappa shape index (κ1) is 21.9. The van der Waals surface area contributed by atoms with E-state index in [-0.39, 0.29) is 0 Å². The molecule has 2 atom stereocenters. The topological polar surface area (TPSA) is 6.48 Å². The smallest absolute Gasteiger partial charge is 0.0220 e. The summed E-state index contributed by atoms with van der Waals surface area (Å²) in [6.07, 6.45) is 13.2. The Labute approximate surface area is 141 Å². The Kier molecular flexibility index (Phi) is 14.5. The van der Waals surface area contributed by atoms with Crippen molar-refractivity contribution < 1.29 is 0 Å². The van der Waals surface area contributed by atoms with E-state index in [4.69, 9.17) is 0 Å². The summed E-state index contributed by atoms with van der Waals surface area (Å²) in [4.78, 5) is 0. The summed E-state index contributed by atoms with van der Waals surface area (Å²) in [6, 6.07) is 1.35. The molecule has 2 heteroatoms. The van der Waals surface area contributed by atoms with Crippen molar-refractivity contribution in [3.05, 3.63) is 0 Å². The second-order valence-electron chi connectivity index (χ2n) is 7.02. The molecule has 134 valence electrons. The molecule has 0 aliphatic rings. The van der Waals surface area contributed by atoms with E-state index in [0.29, 0.717) is 12.1 Å². The van der Waals surface area contributed by atoms with Crippen molar-refractivity contribution in [2.75, 3.05) is 13.1 Å². The molecule has 0 bridgehead atoms. The number of hydrogen-bond donors (Lipinski definition) is 0. The molecular formula is C20H44N2. The quantitative estimate of drug-likeness (QED) is 0.260. The van der Waals surface area contributed by atoms with Gasteiger partial charge in [0, 0.05) is 25.2 Å². The molecule has 0 aromatic rings. The lowest BCUT2D eigenvalue weighted by molar-refractivity contribution is -0.0914. The van der Waals surface area contributed by atoms with Crippen LogP contribution in [0.4, 0.5) is 0 Å². The van der Waals surface area contributed by atoms with Gasteiger partial charge in [-0.1, -0.05) is 66.2 Å². The second-order valence-corrected chi connectivity index (χ2v) is 7.02. The summed E-state index contributed by atoms with van der Waals surface area (Å²) in [5, 5.41) is 5.46. The number of hydrazine groups is 1. The van der Waals surface area contributed by atoms with Crippen LogP contribution in [0.1, 0.15) is 106 Å². The van der Waals surface area contributed by atoms with E-state index in [9.17, 15) is 0 Å². The van der Waals surface area contributed by atoms with Crippen LogP contribution >= 0.6 is 0 Å². The maximum absolute atomic E-state index is 2.75. The Morgan fingerprint density at radius 3 is 1.32 bits per heavy atom. The maximum atomic E-state index is 2.75. The van der Waals surface area contributed by atoms with Gasteiger partial charge in [0.25, 0.3) is 0 Å². The highest BCUT2D eigenvalue weighted by molar-refractivity contribution is 4.73. The predicted octanol–water partition coefficient (Wildman–Crippen LogP) is 6.26. The molecule has 2 unspecified atom stereocenters. The van der Waals surface area contributed by atoms with Crippen LogP contribution in [0.2, 0.25) is 0 Å². The Hall–Kier alpha value is -0.0800. The normalized spacial score (nSPS) is 14.7. The van der Waals surface area contributed by atoms with Crippen LogP contribution in [0.25, 0.3) is 0 Å². The maximum Gasteiger partial charge on any atom is 0.0220 e. The zero-order valence-corrected chi connectivity index (χ0v) is 16.5. The molecule has 22 heavy (non-hydrogen) atoms. The zero-order chi connectivity index (χ0) is 16.8. The minimum atomic E-state index is 0.676. The SMILES string of the molecule is CCCCCN(CCCCC)N(C(C)CCC)C(C)CCC. The molecule has 0 amide bonds. The van der Waals surface area contributed by atoms with E-state index >= 15 is 0 Å². The third kappa shape index (κ3) is 9.15. The first-order chi connectivity index (χ1) is 10.6. The second kappa shape index (κ2) is 14.5. The molecule has 0 radical (unpaired) electrons. The highest BCUT2D eigenvalue weighted by atomic mass is 15.6. The number of hydrogen-bond acceptors (Lipinski definition) is 2. The molecule has 0 spiro atoms. The molecule has 0 N–H and O–H groups in total. The predicted molar refractivity (Wildman–Crippen MR) is 101 cm³/mol. The number of unbranched alkanes of at least 4 members (excludes halogenated alkanes) is 4. The average molecular weight is 313 g/mol. The molecule has 0 aliphatic heterocycles. The first-order valence-electron chi connectivity index (χ1n) is 10.1. The van der Waals surface area contributed by atoms with Gasteiger partial charge in [0.1, 0.15) is 0 Å². The molecule has 0 saturated carbocycles. The fourth-order valence-corrected chi connectivity index (χ4v) is 3.52. The summed E-state index contributed by atoms with van der Waals surface area (Å²) in [6.45, 7) is 16.6. The van der Waals surface area contributed by atoms with E-state index < -0.39 is 0 Å². The molecular weight excluding hydrogens is 268 g/mol. The van der Waals surface area contributed by atoms with Gasteiger partial charge >= 0.3 is 0 Å². The van der Waals surface area contributed by atoms with E-state index in [1.54, 1.807) is 0 Å². The Balaban J connectivity index is 4.86. The Morgan fingerprint density at radius 2 is 1.00 bits per heavy atom. The van der Waals surface area contributed by atoms with Crippen LogP contribution < -0.4 is 0 Å². The van der Waals surface area contributed by atoms with Crippen molar-refractivity contribution in [1.82, 2.24) is 10.0 Å². The monoisotopic (exact) mass is 312 g/mol. The van der Waals surface area contributed by atoms with Crippen molar-refractivity contribution in [3.8, 4) is 0 Å². The zero-order valence-electron chi connectivity index (χ0n) is 16.5. The Bertz CT molecular complexity index is 208. The largest absolute Gasteiger partial charge is 0.241 e. The van der Waals surface area contributed by atoms with Gasteiger partial charge in [-0.05, 0) is 39.5 Å². The fourth-order valence-electron chi connectivity index (χ4n) is 3.52. The van der Waals surface area contributed by atoms with Crippen molar-refractivity contribution >= 4 is 0 Å². The molecule has 0 heterocycles. The van der Waals surface area contributed by atoms with Gasteiger partial charge in [0.05, 0.1) is 0 Å². The first-order valence-corrected chi connectivity index (χ1v) is 10.1. The van der Waals surface area contributed by atoms with Gasteiger partial charge in [-0.3, -0.25) is 0 Å². The molecule has 0 aromatic carbocycles. The molecule has 2 nitrogen and oxygen atoms in total. The lowest BCUT2D eigenvalue weighted by Gasteiger charge is -2.43. The van der Waals surface area contributed by atoms with Gasteiger partial charge in [0.15, 0.2) is 0 Å². The van der Waals surface area contributed by atoms with Gasteiger partial charge in [-0.25, -0.2) is 10.0 Å². The van der Waals surface area contributed by atoms with Crippen molar-refractivity contribution in [3.63, 3.8) is 0 Å². The van der Waals surface area contributed by atoms with E-state index in [2.05, 4.69) is 51.6 Å². The van der Waals surface area contributed by atoms with Crippen LogP contribution in [0, 0.1) is 0 Å². The molecule has 0 aliphatic carbocycles. The van der Waals surface area contributed by atoms with Crippen LogP contribution in [0.15, 0.2) is 0 Å². The molecule has 0 rings (SSSR count). The van der Waals surface area contributed by atoms with E-state index in [1.807, 2.05) is 0 Å². The van der Waals surface area contributed by atoms with Crippen molar-refractivity contribution in [2.45, 2.75) is 118 Å². The summed E-state index contributed by atoms with van der Waals surface area (Å²) < 4.78 is 0. The van der Waals surface area contributed by atoms with Gasteiger partial charge in [-0.15, -0.1) is 0 Å². The molecule has 0 fully saturated rings. The van der Waals surface area contributed by atoms with Gasteiger partial charge in [0.2, 0.25) is 0 Å². The minimum absolute atomic E-state index is 0.676. The summed E-state index contributed by atoms with van der Waals surface area (Å²) in [5.74, 6) is 0. The number of rotatable bonds is 15. The van der Waals surface area contributed by atoms with Gasteiger partial charge < -0.3 is 0 Å². The summed E-state index contributed by atoms with van der Waals surface area (Å²) in [7, 11) is 0. The lowest BCUT2D eigenvalue weighted by atomic mass is 10.1. The third-order valence-corrected chi connectivity index (χ3v) is 4.68. The van der Waals surface area contributed by atoms with E-state index in [1.165, 1.54) is 77.3 Å². The lowest BCUT2D eigenvalue weighted by Crippen LogP contribution is -2.53. The Morgan fingerprint density at radius 1 is 0.591 bits per heavy atom. The van der Waals surface area contributed by atoms with E-state index in [0.717, 1.165) is 0 Å². The van der Waals surface area contributed by atoms with Crippen LogP contribution in [-0.2, 0) is 0 Å². The summed E-state index contributed by atoms with van der Waals surface area (Å²) >= 11 is 0. The van der Waals surface area contributed by atoms with Crippen molar-refractivity contribution in [1.29, 1.82) is 0 Å². The minimum Gasteiger partial charge on any atom is -0.241 e. The van der Waals surface area contributed by atoms with Crippen LogP contribution in [-0.4, -0.2) is 35.2 Å². The van der Waals surface area contributed by atoms with Crippen LogP contribution in [0.3, 0.4) is 0 Å². The van der Waals surface area contributed by atoms with Crippen molar-refractivity contribution in [2.24, 2.45) is 0 Å². The average Bonchev–Trinajstić information content (AvgIpc) is 2.48. The molecule has 0 saturated heterocycles.